The van der Waals surface area contributed by atoms with Crippen LogP contribution in [0.25, 0.3) is 44.1 Å². The number of fused-ring (bicyclic) bond motifs is 2. The van der Waals surface area contributed by atoms with Crippen molar-refractivity contribution < 1.29 is 34.4 Å². The van der Waals surface area contributed by atoms with Gasteiger partial charge in [0.05, 0.1) is 0 Å². The molecule has 0 saturated heterocycles. The van der Waals surface area contributed by atoms with Crippen molar-refractivity contribution in [1.29, 1.82) is 0 Å². The van der Waals surface area contributed by atoms with Crippen LogP contribution in [-0.2, 0) is 36.7 Å². The number of hydrogen-bond donors (Lipinski definition) is 1. The van der Waals surface area contributed by atoms with E-state index < -0.39 is 0 Å². The topological polar surface area (TPSA) is 63.3 Å². The van der Waals surface area contributed by atoms with Crippen LogP contribution < -0.4 is 0 Å². The average molecular weight is 865 g/mol. The van der Waals surface area contributed by atoms with Crippen LogP contribution in [0.2, 0.25) is 0 Å². The predicted octanol–water partition coefficient (Wildman–Crippen LogP) is 13.3. The second-order valence-electron chi connectivity index (χ2n) is 15.8. The number of aromatic nitrogens is 1. The molecule has 2 aromatic heterocycles. The molecule has 51 heavy (non-hydrogen) atoms. The van der Waals surface area contributed by atoms with Gasteiger partial charge in [-0.2, -0.15) is 0 Å². The zero-order valence-electron chi connectivity index (χ0n) is 32.7. The van der Waals surface area contributed by atoms with Gasteiger partial charge in [-0.25, -0.2) is 0 Å². The number of pyridine rings is 1. The monoisotopic (exact) mass is 865 g/mol. The Labute approximate surface area is 320 Å². The molecule has 0 saturated carbocycles. The minimum Gasteiger partial charge on any atom is -0.512 e. The molecule has 0 aliphatic carbocycles. The number of nitrogens with zero attached hydrogens (tertiary/aromatic N) is 1. The van der Waals surface area contributed by atoms with Crippen molar-refractivity contribution in [3.8, 4) is 22.4 Å². The van der Waals surface area contributed by atoms with E-state index in [4.69, 9.17) is 9.40 Å². The Balaban J connectivity index is 0.000000335. The Morgan fingerprint density at radius 1 is 0.843 bits per heavy atom. The molecular weight excluding hydrogens is 807 g/mol. The fourth-order valence-corrected chi connectivity index (χ4v) is 6.20. The minimum atomic E-state index is -0.337. The summed E-state index contributed by atoms with van der Waals surface area (Å²) in [6.07, 6.45) is 7.60. The Kier molecular flexibility index (Phi) is 14.2. The molecule has 3 aromatic carbocycles. The number of carbonyl (C=O) groups is 1. The van der Waals surface area contributed by atoms with Gasteiger partial charge < -0.3 is 9.52 Å². The van der Waals surface area contributed by atoms with E-state index in [0.717, 1.165) is 76.6 Å². The zero-order valence-corrected chi connectivity index (χ0v) is 35.1. The van der Waals surface area contributed by atoms with Crippen molar-refractivity contribution in [2.45, 2.75) is 114 Å². The first-order chi connectivity index (χ1) is 23.6. The summed E-state index contributed by atoms with van der Waals surface area (Å²) in [5, 5.41) is 13.7. The number of benzene rings is 3. The standard InChI is InChI=1S/C31H30NO.C15H28O2.Ir/c1-20(2)14-26-16-24-11-10-21(19-30(24)33-26)22-12-13-32-29(18-22)25-15-23-8-6-7-9-27(23)28(17-25)31(3,4)5;1-7-14(5,8-2)12(16)11-13(17)15(6,9-3)10-4;/h6-13,16-20H,14H2,1-5H3;11,16H,7-10H2,1-6H3;/q-1;;/b;12-11-;. The summed E-state index contributed by atoms with van der Waals surface area (Å²) in [6, 6.07) is 27.2. The second kappa shape index (κ2) is 17.3. The van der Waals surface area contributed by atoms with Crippen molar-refractivity contribution in [1.82, 2.24) is 4.98 Å². The van der Waals surface area contributed by atoms with Crippen LogP contribution in [0.5, 0.6) is 0 Å². The Bertz CT molecular complexity index is 1950. The number of aliphatic hydroxyl groups is 1. The summed E-state index contributed by atoms with van der Waals surface area (Å²) in [5.74, 6) is 1.91. The first-order valence-electron chi connectivity index (χ1n) is 18.5. The van der Waals surface area contributed by atoms with Crippen LogP contribution in [0.4, 0.5) is 0 Å². The van der Waals surface area contributed by atoms with E-state index >= 15 is 0 Å². The third-order valence-electron chi connectivity index (χ3n) is 10.7. The summed E-state index contributed by atoms with van der Waals surface area (Å²) in [7, 11) is 0. The number of rotatable bonds is 11. The van der Waals surface area contributed by atoms with E-state index in [1.165, 1.54) is 17.0 Å². The quantitative estimate of drug-likeness (QED) is 0.0816. The Hall–Kier alpha value is -3.53. The SMILES string of the molecule is CC(C)Cc1cc2ccc(-c3ccnc(-c4[c-]c5ccccc5c(C(C)(C)C)c4)c3)cc2o1.CCC(C)(CC)C(=O)/C=C(\O)C(C)(CC)CC.[Ir]. The fourth-order valence-electron chi connectivity index (χ4n) is 6.20. The molecule has 1 radical (unpaired) electrons. The van der Waals surface area contributed by atoms with Crippen molar-refractivity contribution >= 4 is 27.5 Å². The van der Waals surface area contributed by atoms with E-state index in [-0.39, 0.29) is 47.9 Å². The second-order valence-corrected chi connectivity index (χ2v) is 15.8. The van der Waals surface area contributed by atoms with Crippen LogP contribution >= 0.6 is 0 Å². The van der Waals surface area contributed by atoms with E-state index in [0.29, 0.717) is 5.92 Å². The molecule has 5 rings (SSSR count). The first kappa shape index (κ1) is 41.9. The number of allylic oxidation sites excluding steroid dienone is 2. The average Bonchev–Trinajstić information content (AvgIpc) is 3.51. The number of furan rings is 1. The van der Waals surface area contributed by atoms with Crippen molar-refractivity contribution in [2.75, 3.05) is 0 Å². The number of hydrogen-bond acceptors (Lipinski definition) is 4. The minimum absolute atomic E-state index is 0. The summed E-state index contributed by atoms with van der Waals surface area (Å²) >= 11 is 0. The number of carbonyl (C=O) groups excluding carboxylic acids is 1. The molecular formula is C46H58IrNO3-. The Morgan fingerprint density at radius 2 is 1.47 bits per heavy atom. The largest absolute Gasteiger partial charge is 0.512 e. The molecule has 0 bridgehead atoms. The molecule has 4 nitrogen and oxygen atoms in total. The molecule has 0 spiro atoms. The smallest absolute Gasteiger partial charge is 0.164 e. The van der Waals surface area contributed by atoms with Crippen LogP contribution in [0.3, 0.4) is 0 Å². The van der Waals surface area contributed by atoms with Crippen molar-refractivity contribution in [3.05, 3.63) is 102 Å². The van der Waals surface area contributed by atoms with Gasteiger partial charge in [-0.05, 0) is 66.3 Å². The van der Waals surface area contributed by atoms with E-state index in [1.54, 1.807) is 0 Å². The normalized spacial score (nSPS) is 12.5. The van der Waals surface area contributed by atoms with Crippen LogP contribution in [0, 0.1) is 22.8 Å². The first-order valence-corrected chi connectivity index (χ1v) is 18.5. The molecule has 0 aliphatic rings. The maximum atomic E-state index is 12.2. The molecule has 5 heteroatoms. The van der Waals surface area contributed by atoms with Gasteiger partial charge in [0.1, 0.15) is 17.1 Å². The predicted molar refractivity (Wildman–Crippen MR) is 212 cm³/mol. The molecule has 0 fully saturated rings. The van der Waals surface area contributed by atoms with Gasteiger partial charge in [-0.3, -0.25) is 9.78 Å². The molecule has 0 unspecified atom stereocenters. The fraction of sp³-hybridized carbons (Fsp3) is 0.435. The summed E-state index contributed by atoms with van der Waals surface area (Å²) in [6.45, 7) is 23.3. The van der Waals surface area contributed by atoms with Crippen molar-refractivity contribution in [2.24, 2.45) is 16.7 Å². The van der Waals surface area contributed by atoms with Gasteiger partial charge in [0.15, 0.2) is 5.78 Å². The van der Waals surface area contributed by atoms with Gasteiger partial charge in [-0.1, -0.05) is 124 Å². The van der Waals surface area contributed by atoms with Gasteiger partial charge >= 0.3 is 0 Å². The maximum absolute atomic E-state index is 12.2. The van der Waals surface area contributed by atoms with Gasteiger partial charge in [0, 0.05) is 60.7 Å². The molecule has 5 aromatic rings. The number of ketones is 1. The maximum Gasteiger partial charge on any atom is 0.164 e. The third kappa shape index (κ3) is 9.87. The molecule has 2 heterocycles. The van der Waals surface area contributed by atoms with E-state index in [1.807, 2.05) is 47.7 Å². The molecule has 0 amide bonds. The molecule has 275 valence electrons. The van der Waals surface area contributed by atoms with Crippen molar-refractivity contribution in [3.63, 3.8) is 0 Å². The summed E-state index contributed by atoms with van der Waals surface area (Å²) < 4.78 is 6.14. The molecule has 1 N–H and O–H groups in total. The van der Waals surface area contributed by atoms with Gasteiger partial charge in [0.2, 0.25) is 0 Å². The zero-order chi connectivity index (χ0) is 36.9. The van der Waals surface area contributed by atoms with Crippen LogP contribution in [-0.4, -0.2) is 15.9 Å². The van der Waals surface area contributed by atoms with E-state index in [2.05, 4.69) is 107 Å². The number of aliphatic hydroxyl groups excluding tert-OH is 1. The van der Waals surface area contributed by atoms with Gasteiger partial charge in [0.25, 0.3) is 0 Å². The Morgan fingerprint density at radius 3 is 2.08 bits per heavy atom. The molecule has 0 aliphatic heterocycles. The molecule has 0 atom stereocenters. The van der Waals surface area contributed by atoms with Crippen LogP contribution in [0.1, 0.15) is 113 Å². The summed E-state index contributed by atoms with van der Waals surface area (Å²) in [4.78, 5) is 16.9. The van der Waals surface area contributed by atoms with Crippen LogP contribution in [0.15, 0.2) is 89.2 Å². The third-order valence-corrected chi connectivity index (χ3v) is 10.7. The summed E-state index contributed by atoms with van der Waals surface area (Å²) in [5.41, 5.74) is 5.90. The van der Waals surface area contributed by atoms with Gasteiger partial charge in [-0.15, -0.1) is 29.1 Å². The van der Waals surface area contributed by atoms with E-state index in [9.17, 15) is 9.90 Å².